The van der Waals surface area contributed by atoms with Crippen molar-refractivity contribution < 1.29 is 5.11 Å². The van der Waals surface area contributed by atoms with Crippen molar-refractivity contribution in [3.05, 3.63) is 35.4 Å². The zero-order chi connectivity index (χ0) is 11.1. The summed E-state index contributed by atoms with van der Waals surface area (Å²) in [5, 5.41) is 13.9. The van der Waals surface area contributed by atoms with E-state index in [1.807, 2.05) is 18.2 Å². The van der Waals surface area contributed by atoms with Gasteiger partial charge in [0.25, 0.3) is 0 Å². The van der Waals surface area contributed by atoms with E-state index in [-0.39, 0.29) is 5.54 Å². The highest BCUT2D eigenvalue weighted by molar-refractivity contribution is 5.36. The third kappa shape index (κ3) is 2.06. The summed E-state index contributed by atoms with van der Waals surface area (Å²) in [4.78, 5) is 0. The van der Waals surface area contributed by atoms with Gasteiger partial charge in [0.15, 0.2) is 0 Å². The molecule has 0 radical (unpaired) electrons. The van der Waals surface area contributed by atoms with Gasteiger partial charge in [-0.1, -0.05) is 24.3 Å². The van der Waals surface area contributed by atoms with Crippen LogP contribution in [-0.2, 0) is 12.1 Å². The first-order valence-electron chi connectivity index (χ1n) is 5.51. The predicted octanol–water partition coefficient (Wildman–Crippen LogP) is 2.17. The number of aryl methyl sites for hydroxylation is 1. The quantitative estimate of drug-likeness (QED) is 0.689. The molecule has 0 unspecified atom stereocenters. The van der Waals surface area contributed by atoms with Crippen molar-refractivity contribution in [3.63, 3.8) is 0 Å². The maximum atomic E-state index is 10.6. The molecule has 2 N–H and O–H groups in total. The summed E-state index contributed by atoms with van der Waals surface area (Å²) >= 11 is 0. The maximum absolute atomic E-state index is 10.6. The summed E-state index contributed by atoms with van der Waals surface area (Å²) in [5.74, 6) is 0. The van der Waals surface area contributed by atoms with Gasteiger partial charge in [0.1, 0.15) is 5.72 Å². The Balaban J connectivity index is 2.33. The Morgan fingerprint density at radius 2 is 1.93 bits per heavy atom. The molecule has 15 heavy (non-hydrogen) atoms. The van der Waals surface area contributed by atoms with E-state index < -0.39 is 5.72 Å². The molecule has 2 nitrogen and oxygen atoms in total. The van der Waals surface area contributed by atoms with Crippen LogP contribution < -0.4 is 5.32 Å². The summed E-state index contributed by atoms with van der Waals surface area (Å²) in [6.45, 7) is 6.23. The van der Waals surface area contributed by atoms with Crippen molar-refractivity contribution in [1.82, 2.24) is 5.32 Å². The highest BCUT2D eigenvalue weighted by Gasteiger charge is 2.38. The molecule has 0 heterocycles. The first-order chi connectivity index (χ1) is 6.91. The number of hydrogen-bond donors (Lipinski definition) is 2. The average molecular weight is 205 g/mol. The van der Waals surface area contributed by atoms with Gasteiger partial charge in [-0.3, -0.25) is 5.32 Å². The van der Waals surface area contributed by atoms with Gasteiger partial charge in [-0.05, 0) is 39.2 Å². The predicted molar refractivity (Wildman–Crippen MR) is 61.5 cm³/mol. The van der Waals surface area contributed by atoms with Gasteiger partial charge in [-0.25, -0.2) is 0 Å². The van der Waals surface area contributed by atoms with Crippen molar-refractivity contribution in [2.45, 2.75) is 44.9 Å². The number of nitrogens with one attached hydrogen (secondary N) is 1. The first-order valence-corrected chi connectivity index (χ1v) is 5.51. The van der Waals surface area contributed by atoms with Gasteiger partial charge < -0.3 is 5.11 Å². The topological polar surface area (TPSA) is 32.3 Å². The molecule has 1 aliphatic rings. The van der Waals surface area contributed by atoms with E-state index in [4.69, 9.17) is 0 Å². The van der Waals surface area contributed by atoms with E-state index in [1.54, 1.807) is 0 Å². The molecule has 0 amide bonds. The largest absolute Gasteiger partial charge is 0.372 e. The zero-order valence-electron chi connectivity index (χ0n) is 9.67. The number of aliphatic hydroxyl groups is 1. The standard InChI is InChI=1S/C13H19NO/c1-12(2,3)14-13(15)9-8-10-6-4-5-7-11(10)13/h4-7,14-15H,8-9H2,1-3H3/t13-/m1/s1. The smallest absolute Gasteiger partial charge is 0.143 e. The molecule has 1 atom stereocenters. The highest BCUT2D eigenvalue weighted by atomic mass is 16.3. The molecule has 1 aromatic rings. The molecule has 2 rings (SSSR count). The summed E-state index contributed by atoms with van der Waals surface area (Å²) in [7, 11) is 0. The Morgan fingerprint density at radius 1 is 1.27 bits per heavy atom. The van der Waals surface area contributed by atoms with Crippen LogP contribution in [0.25, 0.3) is 0 Å². The monoisotopic (exact) mass is 205 g/mol. The number of fused-ring (bicyclic) bond motifs is 1. The van der Waals surface area contributed by atoms with Gasteiger partial charge in [0.05, 0.1) is 0 Å². The van der Waals surface area contributed by atoms with Crippen molar-refractivity contribution in [2.75, 3.05) is 0 Å². The molecule has 0 fully saturated rings. The Kier molecular flexibility index (Phi) is 2.36. The van der Waals surface area contributed by atoms with Crippen LogP contribution >= 0.6 is 0 Å². The second kappa shape index (κ2) is 3.32. The van der Waals surface area contributed by atoms with Gasteiger partial charge in [0, 0.05) is 11.1 Å². The SMILES string of the molecule is CC(C)(C)N[C@@]1(O)CCc2ccccc21. The fourth-order valence-electron chi connectivity index (χ4n) is 2.34. The highest BCUT2D eigenvalue weighted by Crippen LogP contribution is 2.35. The van der Waals surface area contributed by atoms with Crippen LogP contribution in [0.3, 0.4) is 0 Å². The summed E-state index contributed by atoms with van der Waals surface area (Å²) in [5.41, 5.74) is 1.39. The van der Waals surface area contributed by atoms with E-state index in [1.165, 1.54) is 5.56 Å². The molecule has 0 spiro atoms. The second-order valence-corrected chi connectivity index (χ2v) is 5.39. The van der Waals surface area contributed by atoms with Crippen LogP contribution in [0, 0.1) is 0 Å². The molecule has 82 valence electrons. The summed E-state index contributed by atoms with van der Waals surface area (Å²) in [6, 6.07) is 8.12. The van der Waals surface area contributed by atoms with Crippen LogP contribution in [-0.4, -0.2) is 10.6 Å². The van der Waals surface area contributed by atoms with Gasteiger partial charge in [-0.2, -0.15) is 0 Å². The van der Waals surface area contributed by atoms with Gasteiger partial charge >= 0.3 is 0 Å². The average Bonchev–Trinajstić information content (AvgIpc) is 2.42. The lowest BCUT2D eigenvalue weighted by Crippen LogP contribution is -2.50. The van der Waals surface area contributed by atoms with E-state index in [0.29, 0.717) is 0 Å². The number of rotatable bonds is 1. The van der Waals surface area contributed by atoms with E-state index in [2.05, 4.69) is 32.2 Å². The lowest BCUT2D eigenvalue weighted by atomic mass is 10.00. The molecule has 0 saturated heterocycles. The van der Waals surface area contributed by atoms with Crippen molar-refractivity contribution in [2.24, 2.45) is 0 Å². The fraction of sp³-hybridized carbons (Fsp3) is 0.538. The molecule has 1 aliphatic carbocycles. The van der Waals surface area contributed by atoms with Crippen molar-refractivity contribution >= 4 is 0 Å². The molecular weight excluding hydrogens is 186 g/mol. The summed E-state index contributed by atoms with van der Waals surface area (Å²) in [6.07, 6.45) is 1.72. The van der Waals surface area contributed by atoms with E-state index in [0.717, 1.165) is 18.4 Å². The molecule has 1 aromatic carbocycles. The third-order valence-electron chi connectivity index (χ3n) is 2.80. The first kappa shape index (κ1) is 10.7. The fourth-order valence-corrected chi connectivity index (χ4v) is 2.34. The third-order valence-corrected chi connectivity index (χ3v) is 2.80. The maximum Gasteiger partial charge on any atom is 0.143 e. The Bertz CT molecular complexity index is 367. The molecule has 0 bridgehead atoms. The molecule has 0 aromatic heterocycles. The van der Waals surface area contributed by atoms with Crippen LogP contribution in [0.15, 0.2) is 24.3 Å². The van der Waals surface area contributed by atoms with Crippen LogP contribution in [0.1, 0.15) is 38.3 Å². The van der Waals surface area contributed by atoms with Crippen molar-refractivity contribution in [1.29, 1.82) is 0 Å². The van der Waals surface area contributed by atoms with E-state index in [9.17, 15) is 5.11 Å². The lowest BCUT2D eigenvalue weighted by Gasteiger charge is -2.34. The van der Waals surface area contributed by atoms with Crippen LogP contribution in [0.2, 0.25) is 0 Å². The van der Waals surface area contributed by atoms with Gasteiger partial charge in [0.2, 0.25) is 0 Å². The van der Waals surface area contributed by atoms with Crippen LogP contribution in [0.4, 0.5) is 0 Å². The second-order valence-electron chi connectivity index (χ2n) is 5.39. The number of hydrogen-bond acceptors (Lipinski definition) is 2. The Labute approximate surface area is 91.3 Å². The lowest BCUT2D eigenvalue weighted by molar-refractivity contribution is -0.0205. The summed E-state index contributed by atoms with van der Waals surface area (Å²) < 4.78 is 0. The van der Waals surface area contributed by atoms with E-state index >= 15 is 0 Å². The normalized spacial score (nSPS) is 25.3. The van der Waals surface area contributed by atoms with Crippen LogP contribution in [0.5, 0.6) is 0 Å². The zero-order valence-corrected chi connectivity index (χ0v) is 9.67. The van der Waals surface area contributed by atoms with Gasteiger partial charge in [-0.15, -0.1) is 0 Å². The molecule has 0 aliphatic heterocycles. The molecular formula is C13H19NO. The minimum absolute atomic E-state index is 0.0772. The minimum atomic E-state index is -0.838. The van der Waals surface area contributed by atoms with Crippen molar-refractivity contribution in [3.8, 4) is 0 Å². The molecule has 0 saturated carbocycles. The number of benzene rings is 1. The Hall–Kier alpha value is -0.860. The minimum Gasteiger partial charge on any atom is -0.372 e. The molecule has 2 heteroatoms. The Morgan fingerprint density at radius 3 is 2.60 bits per heavy atom.